The van der Waals surface area contributed by atoms with Crippen molar-refractivity contribution >= 4 is 29.8 Å². The molecule has 0 aromatic carbocycles. The van der Waals surface area contributed by atoms with Crippen LogP contribution in [0, 0.1) is 0 Å². The van der Waals surface area contributed by atoms with Gasteiger partial charge in [0.1, 0.15) is 18.8 Å². The molecule has 0 saturated carbocycles. The van der Waals surface area contributed by atoms with Crippen LogP contribution in [-0.2, 0) is 47.7 Å². The number of azide groups is 1. The van der Waals surface area contributed by atoms with Gasteiger partial charge in [-0.15, -0.1) is 0 Å². The van der Waals surface area contributed by atoms with Gasteiger partial charge in [-0.2, -0.15) is 0 Å². The number of carbonyl (C=O) groups is 5. The molecule has 5 atom stereocenters. The van der Waals surface area contributed by atoms with Crippen molar-refractivity contribution in [2.75, 3.05) is 13.2 Å². The molecule has 1 aliphatic rings. The quantitative estimate of drug-likeness (QED) is 0.111. The molecule has 3 unspecified atom stereocenters. The van der Waals surface area contributed by atoms with Crippen LogP contribution >= 0.6 is 0 Å². The Labute approximate surface area is 189 Å². The van der Waals surface area contributed by atoms with Gasteiger partial charge < -0.3 is 29.0 Å². The van der Waals surface area contributed by atoms with Crippen LogP contribution in [0.2, 0.25) is 0 Å². The van der Waals surface area contributed by atoms with Crippen molar-refractivity contribution in [2.45, 2.75) is 77.6 Å². The number of carbonyl (C=O) groups excluding carboxylic acids is 5. The van der Waals surface area contributed by atoms with Gasteiger partial charge in [-0.05, 0) is 18.4 Å². The van der Waals surface area contributed by atoms with Crippen molar-refractivity contribution in [3.63, 3.8) is 0 Å². The molecule has 1 fully saturated rings. The Hall–Kier alpha value is -3.38. The van der Waals surface area contributed by atoms with E-state index in [-0.39, 0.29) is 13.0 Å². The van der Waals surface area contributed by atoms with Gasteiger partial charge >= 0.3 is 23.9 Å². The van der Waals surface area contributed by atoms with Gasteiger partial charge in [-0.3, -0.25) is 24.0 Å². The van der Waals surface area contributed by atoms with Crippen molar-refractivity contribution in [2.24, 2.45) is 5.11 Å². The Morgan fingerprint density at radius 3 is 2.09 bits per heavy atom. The molecular weight excluding hydrogens is 444 g/mol. The summed E-state index contributed by atoms with van der Waals surface area (Å²) < 4.78 is 26.6. The summed E-state index contributed by atoms with van der Waals surface area (Å²) >= 11 is 0. The predicted molar refractivity (Wildman–Crippen MR) is 108 cm³/mol. The van der Waals surface area contributed by atoms with E-state index in [1.54, 1.807) is 0 Å². The van der Waals surface area contributed by atoms with E-state index in [0.29, 0.717) is 12.8 Å². The summed E-state index contributed by atoms with van der Waals surface area (Å²) in [6, 6.07) is -1.20. The van der Waals surface area contributed by atoms with Crippen LogP contribution < -0.4 is 5.32 Å². The summed E-state index contributed by atoms with van der Waals surface area (Å²) in [5.74, 6) is -3.41. The monoisotopic (exact) mass is 472 g/mol. The Morgan fingerprint density at radius 1 is 0.939 bits per heavy atom. The average molecular weight is 472 g/mol. The third-order valence-corrected chi connectivity index (χ3v) is 4.26. The number of nitrogens with zero attached hydrogens (tertiary/aromatic N) is 3. The summed E-state index contributed by atoms with van der Waals surface area (Å²) in [6.07, 6.45) is -4.27. The highest BCUT2D eigenvalue weighted by molar-refractivity contribution is 5.74. The number of hydrogen-bond acceptors (Lipinski definition) is 11. The second-order valence-electron chi connectivity index (χ2n) is 7.12. The highest BCUT2D eigenvalue weighted by Crippen LogP contribution is 2.28. The molecule has 0 spiro atoms. The number of unbranched alkanes of at least 4 members (excludes halogenated alkanes) is 1. The number of nitrogens with one attached hydrogen (secondary N) is 1. The Kier molecular flexibility index (Phi) is 11.7. The first-order valence-corrected chi connectivity index (χ1v) is 10.2. The number of amides is 1. The van der Waals surface area contributed by atoms with Crippen LogP contribution in [0.25, 0.3) is 10.4 Å². The maximum absolute atomic E-state index is 12.1. The molecule has 1 saturated heterocycles. The van der Waals surface area contributed by atoms with E-state index in [9.17, 15) is 24.0 Å². The third-order valence-electron chi connectivity index (χ3n) is 4.26. The minimum Gasteiger partial charge on any atom is -0.463 e. The second-order valence-corrected chi connectivity index (χ2v) is 7.12. The van der Waals surface area contributed by atoms with Gasteiger partial charge in [-0.1, -0.05) is 5.11 Å². The first-order valence-electron chi connectivity index (χ1n) is 10.2. The molecule has 184 valence electrons. The van der Waals surface area contributed by atoms with Crippen molar-refractivity contribution in [1.29, 1.82) is 0 Å². The Balaban J connectivity index is 3.06. The largest absolute Gasteiger partial charge is 0.463 e. The predicted octanol–water partition coefficient (Wildman–Crippen LogP) is 0.666. The Bertz CT molecular complexity index is 783. The van der Waals surface area contributed by atoms with Crippen molar-refractivity contribution in [3.05, 3.63) is 10.4 Å². The fourth-order valence-electron chi connectivity index (χ4n) is 3.10. The van der Waals surface area contributed by atoms with E-state index in [1.807, 2.05) is 0 Å². The molecule has 1 rings (SSSR count). The summed E-state index contributed by atoms with van der Waals surface area (Å²) in [4.78, 5) is 61.4. The molecular formula is C19H28N4O10. The van der Waals surface area contributed by atoms with Gasteiger partial charge in [0.2, 0.25) is 12.2 Å². The lowest BCUT2D eigenvalue weighted by Gasteiger charge is -2.44. The molecule has 14 heteroatoms. The van der Waals surface area contributed by atoms with Gasteiger partial charge in [0.05, 0.1) is 0 Å². The van der Waals surface area contributed by atoms with Crippen LogP contribution in [0.4, 0.5) is 0 Å². The third kappa shape index (κ3) is 10.2. The lowest BCUT2D eigenvalue weighted by molar-refractivity contribution is -0.271. The highest BCUT2D eigenvalue weighted by atomic mass is 16.7. The number of esters is 4. The molecule has 0 radical (unpaired) electrons. The fraction of sp³-hybridized carbons (Fsp3) is 0.737. The lowest BCUT2D eigenvalue weighted by atomic mass is 9.96. The smallest absolute Gasteiger partial charge is 0.305 e. The molecule has 14 nitrogen and oxygen atoms in total. The van der Waals surface area contributed by atoms with Gasteiger partial charge in [0, 0.05) is 45.6 Å². The minimum absolute atomic E-state index is 0.0289. The van der Waals surface area contributed by atoms with E-state index in [0.717, 1.165) is 20.8 Å². The molecule has 0 bridgehead atoms. The van der Waals surface area contributed by atoms with E-state index >= 15 is 0 Å². The topological polar surface area (TPSA) is 192 Å². The SMILES string of the molecule is CC(=O)NC1C(OC(C)=O)[C@H](OC(C)=O)C(COC(=O)CCCCN=[N+]=[N-])O[C@@H]1OC(C)=O. The number of ether oxygens (including phenoxy) is 5. The maximum Gasteiger partial charge on any atom is 0.305 e. The summed E-state index contributed by atoms with van der Waals surface area (Å²) in [5.41, 5.74) is 8.24. The fourth-order valence-corrected chi connectivity index (χ4v) is 3.10. The molecule has 1 amide bonds. The first kappa shape index (κ1) is 27.7. The van der Waals surface area contributed by atoms with E-state index < -0.39 is 67.0 Å². The maximum atomic E-state index is 12.1. The zero-order valence-corrected chi connectivity index (χ0v) is 18.8. The lowest BCUT2D eigenvalue weighted by Crippen LogP contribution is -2.66. The van der Waals surface area contributed by atoms with Gasteiger partial charge in [0.25, 0.3) is 0 Å². The van der Waals surface area contributed by atoms with Crippen LogP contribution in [0.1, 0.15) is 47.0 Å². The summed E-state index contributed by atoms with van der Waals surface area (Å²) in [6.45, 7) is 4.34. The Morgan fingerprint density at radius 2 is 1.55 bits per heavy atom. The van der Waals surface area contributed by atoms with E-state index in [4.69, 9.17) is 29.2 Å². The minimum atomic E-state index is -1.42. The molecule has 0 aromatic rings. The molecule has 33 heavy (non-hydrogen) atoms. The summed E-state index contributed by atoms with van der Waals surface area (Å²) in [5, 5.41) is 5.84. The molecule has 0 aromatic heterocycles. The second kappa shape index (κ2) is 13.9. The standard InChI is InChI=1S/C19H28N4O10/c1-10(24)22-16-18(31-12(3)26)17(30-11(2)25)14(33-19(16)32-13(4)27)9-29-15(28)7-5-6-8-21-23-20/h14,16-19H,5-9H2,1-4H3,(H,22,24)/t14?,16?,17-,18?,19+/m1/s1. The van der Waals surface area contributed by atoms with Crippen molar-refractivity contribution in [1.82, 2.24) is 5.32 Å². The van der Waals surface area contributed by atoms with Crippen molar-refractivity contribution in [3.8, 4) is 0 Å². The van der Waals surface area contributed by atoms with Crippen LogP contribution in [-0.4, -0.2) is 73.6 Å². The molecule has 0 aliphatic carbocycles. The van der Waals surface area contributed by atoms with Gasteiger partial charge in [0.15, 0.2) is 12.2 Å². The van der Waals surface area contributed by atoms with Crippen LogP contribution in [0.3, 0.4) is 0 Å². The zero-order valence-electron chi connectivity index (χ0n) is 18.8. The number of hydrogen-bond donors (Lipinski definition) is 1. The molecule has 1 aliphatic heterocycles. The average Bonchev–Trinajstić information content (AvgIpc) is 2.69. The van der Waals surface area contributed by atoms with E-state index in [1.165, 1.54) is 6.92 Å². The van der Waals surface area contributed by atoms with Crippen LogP contribution in [0.15, 0.2) is 5.11 Å². The summed E-state index contributed by atoms with van der Waals surface area (Å²) in [7, 11) is 0. The highest BCUT2D eigenvalue weighted by Gasteiger charge is 2.52. The molecule has 1 N–H and O–H groups in total. The van der Waals surface area contributed by atoms with Crippen molar-refractivity contribution < 1.29 is 47.7 Å². The van der Waals surface area contributed by atoms with Gasteiger partial charge in [-0.25, -0.2) is 0 Å². The first-order chi connectivity index (χ1) is 15.5. The van der Waals surface area contributed by atoms with Crippen LogP contribution in [0.5, 0.6) is 0 Å². The molecule has 1 heterocycles. The zero-order chi connectivity index (χ0) is 25.0. The number of rotatable bonds is 11. The van der Waals surface area contributed by atoms with E-state index in [2.05, 4.69) is 15.3 Å². The normalized spacial score (nSPS) is 23.9.